The number of hydrogen-bond donors (Lipinski definition) is 2. The van der Waals surface area contributed by atoms with E-state index in [0.29, 0.717) is 5.75 Å². The molecule has 0 atom stereocenters. The molecule has 3 rings (SSSR count). The van der Waals surface area contributed by atoms with E-state index < -0.39 is 0 Å². The molecule has 1 aliphatic carbocycles. The van der Waals surface area contributed by atoms with Gasteiger partial charge in [0.05, 0.1) is 13.5 Å². The fraction of sp³-hybridized carbons (Fsp3) is 0.350. The molecule has 0 bridgehead atoms. The van der Waals surface area contributed by atoms with Crippen molar-refractivity contribution in [3.63, 3.8) is 0 Å². The fourth-order valence-corrected chi connectivity index (χ4v) is 3.29. The van der Waals surface area contributed by atoms with Crippen molar-refractivity contribution in [2.75, 3.05) is 12.4 Å². The number of fused-ring (bicyclic) bond motifs is 1. The van der Waals surface area contributed by atoms with Crippen LogP contribution in [-0.2, 0) is 28.8 Å². The summed E-state index contributed by atoms with van der Waals surface area (Å²) in [7, 11) is 1.40. The zero-order valence-electron chi connectivity index (χ0n) is 14.2. The van der Waals surface area contributed by atoms with Crippen molar-refractivity contribution >= 4 is 17.3 Å². The van der Waals surface area contributed by atoms with Gasteiger partial charge in [-0.1, -0.05) is 12.1 Å². The average molecular weight is 325 g/mol. The van der Waals surface area contributed by atoms with Gasteiger partial charge in [0.15, 0.2) is 0 Å². The number of carbonyl (C=O) groups is 1. The van der Waals surface area contributed by atoms with Gasteiger partial charge in [-0.3, -0.25) is 4.79 Å². The Kier molecular flexibility index (Phi) is 4.74. The molecule has 0 aromatic heterocycles. The Labute approximate surface area is 142 Å². The number of benzene rings is 2. The molecule has 0 spiro atoms. The molecule has 0 aliphatic heterocycles. The van der Waals surface area contributed by atoms with E-state index in [1.54, 1.807) is 0 Å². The lowest BCUT2D eigenvalue weighted by Crippen LogP contribution is -2.08. The third kappa shape index (κ3) is 3.37. The Balaban J connectivity index is 1.83. The molecule has 0 saturated carbocycles. The number of phenols is 1. The Morgan fingerprint density at radius 1 is 1.17 bits per heavy atom. The number of methoxy groups -OCH3 is 1. The minimum absolute atomic E-state index is 0.237. The van der Waals surface area contributed by atoms with Gasteiger partial charge in [-0.05, 0) is 73.1 Å². The number of esters is 1. The van der Waals surface area contributed by atoms with Gasteiger partial charge >= 0.3 is 5.97 Å². The van der Waals surface area contributed by atoms with E-state index in [-0.39, 0.29) is 12.4 Å². The fourth-order valence-electron chi connectivity index (χ4n) is 3.29. The van der Waals surface area contributed by atoms with Crippen molar-refractivity contribution in [3.8, 4) is 5.75 Å². The molecule has 0 saturated heterocycles. The summed E-state index contributed by atoms with van der Waals surface area (Å²) in [5, 5.41) is 13.8. The number of hydrogen-bond acceptors (Lipinski definition) is 4. The number of phenolic OH excluding ortho intramolecular Hbond substituents is 1. The Morgan fingerprint density at radius 2 is 1.83 bits per heavy atom. The number of anilines is 2. The molecule has 2 N–H and O–H groups in total. The van der Waals surface area contributed by atoms with Crippen molar-refractivity contribution in [1.29, 1.82) is 0 Å². The lowest BCUT2D eigenvalue weighted by atomic mass is 9.88. The SMILES string of the molecule is COC(=O)Cc1ccc(Nc2cc(C)c(O)c3c2CCCC3)cc1. The van der Waals surface area contributed by atoms with E-state index >= 15 is 0 Å². The molecule has 0 radical (unpaired) electrons. The predicted octanol–water partition coefficient (Wildman–Crippen LogP) is 4.04. The van der Waals surface area contributed by atoms with E-state index in [1.165, 1.54) is 12.7 Å². The number of aromatic hydroxyl groups is 1. The van der Waals surface area contributed by atoms with E-state index in [2.05, 4.69) is 10.1 Å². The highest BCUT2D eigenvalue weighted by Crippen LogP contribution is 2.38. The quantitative estimate of drug-likeness (QED) is 0.658. The molecule has 0 amide bonds. The highest BCUT2D eigenvalue weighted by molar-refractivity contribution is 5.73. The first-order valence-electron chi connectivity index (χ1n) is 8.35. The molecule has 4 heteroatoms. The summed E-state index contributed by atoms with van der Waals surface area (Å²) < 4.78 is 4.69. The molecule has 2 aromatic carbocycles. The first-order chi connectivity index (χ1) is 11.6. The average Bonchev–Trinajstić information content (AvgIpc) is 2.61. The van der Waals surface area contributed by atoms with Crippen molar-refractivity contribution in [1.82, 2.24) is 0 Å². The van der Waals surface area contributed by atoms with Gasteiger partial charge in [-0.2, -0.15) is 0 Å². The largest absolute Gasteiger partial charge is 0.507 e. The van der Waals surface area contributed by atoms with Gasteiger partial charge < -0.3 is 15.2 Å². The highest BCUT2D eigenvalue weighted by Gasteiger charge is 2.19. The molecule has 0 fully saturated rings. The second kappa shape index (κ2) is 6.95. The maximum Gasteiger partial charge on any atom is 0.309 e. The Morgan fingerprint density at radius 3 is 2.50 bits per heavy atom. The maximum absolute atomic E-state index is 11.3. The van der Waals surface area contributed by atoms with Crippen LogP contribution in [0.5, 0.6) is 5.75 Å². The number of nitrogens with one attached hydrogen (secondary N) is 1. The van der Waals surface area contributed by atoms with Crippen LogP contribution in [0.3, 0.4) is 0 Å². The second-order valence-electron chi connectivity index (χ2n) is 6.33. The molecule has 0 heterocycles. The van der Waals surface area contributed by atoms with Crippen LogP contribution >= 0.6 is 0 Å². The van der Waals surface area contributed by atoms with E-state index in [0.717, 1.165) is 53.7 Å². The van der Waals surface area contributed by atoms with Crippen LogP contribution < -0.4 is 5.32 Å². The summed E-state index contributed by atoms with van der Waals surface area (Å²) in [6, 6.07) is 9.81. The normalized spacial score (nSPS) is 13.2. The third-order valence-corrected chi connectivity index (χ3v) is 4.62. The van der Waals surface area contributed by atoms with Gasteiger partial charge in [-0.15, -0.1) is 0 Å². The van der Waals surface area contributed by atoms with Crippen LogP contribution in [0.15, 0.2) is 30.3 Å². The number of aryl methyl sites for hydroxylation is 1. The molecule has 2 aromatic rings. The van der Waals surface area contributed by atoms with Gasteiger partial charge in [0, 0.05) is 11.4 Å². The lowest BCUT2D eigenvalue weighted by Gasteiger charge is -2.23. The lowest BCUT2D eigenvalue weighted by molar-refractivity contribution is -0.139. The van der Waals surface area contributed by atoms with Crippen LogP contribution in [0.25, 0.3) is 0 Å². The maximum atomic E-state index is 11.3. The zero-order valence-corrected chi connectivity index (χ0v) is 14.2. The number of ether oxygens (including phenoxy) is 1. The van der Waals surface area contributed by atoms with Crippen LogP contribution in [0.1, 0.15) is 35.1 Å². The predicted molar refractivity (Wildman–Crippen MR) is 94.9 cm³/mol. The van der Waals surface area contributed by atoms with Gasteiger partial charge in [-0.25, -0.2) is 0 Å². The third-order valence-electron chi connectivity index (χ3n) is 4.62. The minimum Gasteiger partial charge on any atom is -0.507 e. The number of rotatable bonds is 4. The summed E-state index contributed by atoms with van der Waals surface area (Å²) in [4.78, 5) is 11.3. The van der Waals surface area contributed by atoms with Gasteiger partial charge in [0.25, 0.3) is 0 Å². The summed E-state index contributed by atoms with van der Waals surface area (Å²) in [5.41, 5.74) is 6.19. The second-order valence-corrected chi connectivity index (χ2v) is 6.33. The molecule has 24 heavy (non-hydrogen) atoms. The first-order valence-corrected chi connectivity index (χ1v) is 8.35. The van der Waals surface area contributed by atoms with Crippen molar-refractivity contribution in [2.45, 2.75) is 39.0 Å². The van der Waals surface area contributed by atoms with E-state index in [4.69, 9.17) is 0 Å². The molecule has 126 valence electrons. The zero-order chi connectivity index (χ0) is 17.1. The minimum atomic E-state index is -0.237. The molecular formula is C20H23NO3. The van der Waals surface area contributed by atoms with Crippen molar-refractivity contribution < 1.29 is 14.6 Å². The van der Waals surface area contributed by atoms with E-state index in [1.807, 2.05) is 37.3 Å². The topological polar surface area (TPSA) is 58.6 Å². The van der Waals surface area contributed by atoms with Crippen molar-refractivity contribution in [3.05, 3.63) is 52.6 Å². The monoisotopic (exact) mass is 325 g/mol. The highest BCUT2D eigenvalue weighted by atomic mass is 16.5. The van der Waals surface area contributed by atoms with Crippen LogP contribution in [-0.4, -0.2) is 18.2 Å². The molecular weight excluding hydrogens is 302 g/mol. The van der Waals surface area contributed by atoms with Crippen LogP contribution in [0, 0.1) is 6.92 Å². The first kappa shape index (κ1) is 16.4. The van der Waals surface area contributed by atoms with Crippen LogP contribution in [0.4, 0.5) is 11.4 Å². The molecule has 0 unspecified atom stereocenters. The van der Waals surface area contributed by atoms with E-state index in [9.17, 15) is 9.90 Å². The summed E-state index contributed by atoms with van der Waals surface area (Å²) in [6.45, 7) is 1.94. The summed E-state index contributed by atoms with van der Waals surface area (Å²) in [6.07, 6.45) is 4.50. The summed E-state index contributed by atoms with van der Waals surface area (Å²) in [5.74, 6) is 0.211. The Hall–Kier alpha value is -2.49. The summed E-state index contributed by atoms with van der Waals surface area (Å²) >= 11 is 0. The van der Waals surface area contributed by atoms with Crippen molar-refractivity contribution in [2.24, 2.45) is 0 Å². The van der Waals surface area contributed by atoms with Gasteiger partial charge in [0.2, 0.25) is 0 Å². The van der Waals surface area contributed by atoms with Gasteiger partial charge in [0.1, 0.15) is 5.75 Å². The number of carbonyl (C=O) groups excluding carboxylic acids is 1. The molecule has 1 aliphatic rings. The standard InChI is InChI=1S/C20H23NO3/c1-13-11-18(16-5-3-4-6-17(16)20(13)23)21-15-9-7-14(8-10-15)12-19(22)24-2/h7-11,21,23H,3-6,12H2,1-2H3. The Bertz CT molecular complexity index is 750. The smallest absolute Gasteiger partial charge is 0.309 e. The van der Waals surface area contributed by atoms with Crippen LogP contribution in [0.2, 0.25) is 0 Å². The molecule has 4 nitrogen and oxygen atoms in total.